The van der Waals surface area contributed by atoms with Crippen molar-refractivity contribution in [3.8, 4) is 0 Å². The number of benzene rings is 1. The Bertz CT molecular complexity index is 956. The van der Waals surface area contributed by atoms with Crippen LogP contribution in [0, 0.1) is 5.92 Å². The molecule has 0 bridgehead atoms. The first-order valence-corrected chi connectivity index (χ1v) is 11.7. The molecule has 32 heavy (non-hydrogen) atoms. The summed E-state index contributed by atoms with van der Waals surface area (Å²) in [7, 11) is 0. The van der Waals surface area contributed by atoms with E-state index in [2.05, 4.69) is 21.3 Å². The quantitative estimate of drug-likeness (QED) is 0.589. The highest BCUT2D eigenvalue weighted by atomic mass is 35.5. The van der Waals surface area contributed by atoms with Gasteiger partial charge < -0.3 is 16.0 Å². The molecule has 4 rings (SSSR count). The largest absolute Gasteiger partial charge is 0.402 e. The first-order chi connectivity index (χ1) is 15.5. The van der Waals surface area contributed by atoms with E-state index in [1.807, 2.05) is 35.4 Å². The molecule has 2 unspecified atom stereocenters. The number of aliphatic imine (C=N–C) groups is 1. The van der Waals surface area contributed by atoms with Crippen molar-refractivity contribution in [2.45, 2.75) is 38.3 Å². The van der Waals surface area contributed by atoms with E-state index < -0.39 is 0 Å². The normalized spacial score (nSPS) is 24.0. The standard InChI is InChI=1S/C24H31ClN6O/c25-21-6-2-1-4-18(21)14-30-12-3-5-19(15-30)29-24(32)31-13-9-22(26)20(16-31)23(27)17-7-10-28-11-8-17/h1-2,4,6-7,10-11,17,19,27H,3,5,8-9,12-16,26H2,(H,29,32)/p+1. The lowest BCUT2D eigenvalue weighted by atomic mass is 9.90. The molecule has 0 spiro atoms. The SMILES string of the molecule is NC1=C(C(=[NH2+])C2C=CN=CC2)CN(C(=O)NC2CCCN(Cc3ccccc3Cl)C2)CC1. The third-order valence-electron chi connectivity index (χ3n) is 6.48. The first-order valence-electron chi connectivity index (χ1n) is 11.3. The van der Waals surface area contributed by atoms with Gasteiger partial charge in [0, 0.05) is 55.2 Å². The van der Waals surface area contributed by atoms with Crippen LogP contribution in [0.4, 0.5) is 4.79 Å². The number of carbonyl (C=O) groups is 1. The van der Waals surface area contributed by atoms with Crippen molar-refractivity contribution in [3.63, 3.8) is 0 Å². The number of nitrogens with one attached hydrogen (secondary N) is 1. The Hall–Kier alpha value is -2.64. The smallest absolute Gasteiger partial charge is 0.317 e. The van der Waals surface area contributed by atoms with Gasteiger partial charge in [-0.05, 0) is 37.4 Å². The van der Waals surface area contributed by atoms with Crippen LogP contribution in [0.25, 0.3) is 0 Å². The highest BCUT2D eigenvalue weighted by Gasteiger charge is 2.31. The second-order valence-corrected chi connectivity index (χ2v) is 9.17. The number of piperidine rings is 1. The average Bonchev–Trinajstić information content (AvgIpc) is 2.81. The van der Waals surface area contributed by atoms with Crippen molar-refractivity contribution in [2.75, 3.05) is 26.2 Å². The minimum atomic E-state index is -0.0480. The molecule has 170 valence electrons. The molecule has 2 amide bonds. The van der Waals surface area contributed by atoms with Crippen molar-refractivity contribution in [1.82, 2.24) is 15.1 Å². The number of carbonyl (C=O) groups excluding carboxylic acids is 1. The minimum absolute atomic E-state index is 0.0480. The number of halogens is 1. The zero-order valence-corrected chi connectivity index (χ0v) is 19.1. The van der Waals surface area contributed by atoms with Gasteiger partial charge in [-0.25, -0.2) is 4.79 Å². The molecule has 3 heterocycles. The van der Waals surface area contributed by atoms with Crippen molar-refractivity contribution in [1.29, 1.82) is 0 Å². The molecule has 0 saturated carbocycles. The maximum absolute atomic E-state index is 13.1. The second-order valence-electron chi connectivity index (χ2n) is 8.76. The van der Waals surface area contributed by atoms with Gasteiger partial charge in [0.1, 0.15) is 0 Å². The third kappa shape index (κ3) is 5.40. The van der Waals surface area contributed by atoms with Crippen molar-refractivity contribution >= 4 is 29.6 Å². The van der Waals surface area contributed by atoms with Gasteiger partial charge in [0.2, 0.25) is 0 Å². The summed E-state index contributed by atoms with van der Waals surface area (Å²) in [5, 5.41) is 10.5. The molecule has 3 aliphatic heterocycles. The molecule has 0 aliphatic carbocycles. The van der Waals surface area contributed by atoms with Crippen molar-refractivity contribution in [3.05, 3.63) is 58.4 Å². The van der Waals surface area contributed by atoms with E-state index in [1.165, 1.54) is 0 Å². The third-order valence-corrected chi connectivity index (χ3v) is 6.85. The second kappa shape index (κ2) is 10.3. The Morgan fingerprint density at radius 2 is 2.16 bits per heavy atom. The zero-order valence-electron chi connectivity index (χ0n) is 18.3. The molecular weight excluding hydrogens is 424 g/mol. The predicted octanol–water partition coefficient (Wildman–Crippen LogP) is 1.74. The van der Waals surface area contributed by atoms with Crippen LogP contribution in [-0.4, -0.2) is 60.0 Å². The number of rotatable bonds is 5. The summed E-state index contributed by atoms with van der Waals surface area (Å²) in [6.07, 6.45) is 9.03. The molecule has 8 heteroatoms. The van der Waals surface area contributed by atoms with Crippen LogP contribution in [0.5, 0.6) is 0 Å². The lowest BCUT2D eigenvalue weighted by Crippen LogP contribution is -2.55. The number of urea groups is 1. The van der Waals surface area contributed by atoms with E-state index in [0.717, 1.165) is 66.5 Å². The number of allylic oxidation sites excluding steroid dienone is 1. The molecular formula is C24H32ClN6O+. The van der Waals surface area contributed by atoms with Crippen LogP contribution in [-0.2, 0) is 6.54 Å². The molecule has 2 atom stereocenters. The van der Waals surface area contributed by atoms with Gasteiger partial charge in [0.25, 0.3) is 0 Å². The van der Waals surface area contributed by atoms with Crippen molar-refractivity contribution < 1.29 is 10.2 Å². The number of nitrogens with two attached hydrogens (primary N) is 2. The lowest BCUT2D eigenvalue weighted by molar-refractivity contribution is -0.118. The summed E-state index contributed by atoms with van der Waals surface area (Å²) >= 11 is 6.33. The number of nitrogens with zero attached hydrogens (tertiary/aromatic N) is 3. The molecule has 7 nitrogen and oxygen atoms in total. The van der Waals surface area contributed by atoms with Crippen LogP contribution in [0.15, 0.2) is 52.8 Å². The van der Waals surface area contributed by atoms with Gasteiger partial charge in [-0.3, -0.25) is 15.3 Å². The van der Waals surface area contributed by atoms with Crippen LogP contribution >= 0.6 is 11.6 Å². The molecule has 0 aromatic heterocycles. The van der Waals surface area contributed by atoms with E-state index >= 15 is 0 Å². The molecule has 3 aliphatic rings. The predicted molar refractivity (Wildman–Crippen MR) is 128 cm³/mol. The highest BCUT2D eigenvalue weighted by Crippen LogP contribution is 2.22. The lowest BCUT2D eigenvalue weighted by Gasteiger charge is -2.36. The Morgan fingerprint density at radius 3 is 2.94 bits per heavy atom. The number of hydrogen-bond donors (Lipinski definition) is 3. The molecule has 1 aromatic carbocycles. The number of hydrogen-bond acceptors (Lipinski definition) is 4. The maximum atomic E-state index is 13.1. The van der Waals surface area contributed by atoms with Gasteiger partial charge >= 0.3 is 6.03 Å². The first kappa shape index (κ1) is 22.6. The van der Waals surface area contributed by atoms with Gasteiger partial charge in [0.05, 0.1) is 18.0 Å². The van der Waals surface area contributed by atoms with E-state index in [-0.39, 0.29) is 18.0 Å². The van der Waals surface area contributed by atoms with Gasteiger partial charge in [-0.1, -0.05) is 35.9 Å². The van der Waals surface area contributed by atoms with E-state index in [4.69, 9.17) is 22.7 Å². The minimum Gasteiger partial charge on any atom is -0.402 e. The zero-order chi connectivity index (χ0) is 22.5. The van der Waals surface area contributed by atoms with Crippen LogP contribution in [0.3, 0.4) is 0 Å². The maximum Gasteiger partial charge on any atom is 0.317 e. The Balaban J connectivity index is 1.33. The van der Waals surface area contributed by atoms with E-state index in [1.54, 1.807) is 6.20 Å². The molecule has 0 radical (unpaired) electrons. The summed E-state index contributed by atoms with van der Waals surface area (Å²) < 4.78 is 0. The molecule has 1 saturated heterocycles. The topological polar surface area (TPSA) is 99.5 Å². The number of likely N-dealkylation sites (tertiary alicyclic amines) is 1. The monoisotopic (exact) mass is 455 g/mol. The van der Waals surface area contributed by atoms with Crippen LogP contribution < -0.4 is 16.5 Å². The summed E-state index contributed by atoms with van der Waals surface area (Å²) in [5.74, 6) is 0.0841. The summed E-state index contributed by atoms with van der Waals surface area (Å²) in [6.45, 7) is 3.67. The fourth-order valence-electron chi connectivity index (χ4n) is 4.60. The Labute approximate surface area is 194 Å². The van der Waals surface area contributed by atoms with Gasteiger partial charge in [-0.15, -0.1) is 0 Å². The molecule has 1 fully saturated rings. The van der Waals surface area contributed by atoms with E-state index in [0.29, 0.717) is 19.5 Å². The summed E-state index contributed by atoms with van der Waals surface area (Å²) in [4.78, 5) is 21.4. The summed E-state index contributed by atoms with van der Waals surface area (Å²) in [5.41, 5.74) is 9.82. The Kier molecular flexibility index (Phi) is 7.27. The fourth-order valence-corrected chi connectivity index (χ4v) is 4.80. The Morgan fingerprint density at radius 1 is 1.31 bits per heavy atom. The number of amides is 2. The highest BCUT2D eigenvalue weighted by molar-refractivity contribution is 6.31. The molecule has 5 N–H and O–H groups in total. The van der Waals surface area contributed by atoms with Crippen molar-refractivity contribution in [2.24, 2.45) is 16.6 Å². The summed E-state index contributed by atoms with van der Waals surface area (Å²) in [6, 6.07) is 8.01. The van der Waals surface area contributed by atoms with Gasteiger partial charge in [-0.2, -0.15) is 0 Å². The van der Waals surface area contributed by atoms with Gasteiger partial charge in [0.15, 0.2) is 5.71 Å². The van der Waals surface area contributed by atoms with E-state index in [9.17, 15) is 4.79 Å². The fraction of sp³-hybridized carbons (Fsp3) is 0.458. The average molecular weight is 456 g/mol. The van der Waals surface area contributed by atoms with Crippen LogP contribution in [0.2, 0.25) is 5.02 Å². The molecule has 1 aromatic rings. The van der Waals surface area contributed by atoms with Crippen LogP contribution in [0.1, 0.15) is 31.2 Å².